The van der Waals surface area contributed by atoms with Crippen LogP contribution in [0.2, 0.25) is 0 Å². The normalized spacial score (nSPS) is 19.6. The molecule has 2 fully saturated rings. The lowest BCUT2D eigenvalue weighted by atomic mass is 9.94. The molecule has 2 aliphatic rings. The fraction of sp³-hybridized carbons (Fsp3) is 0.409. The molecule has 1 saturated heterocycles. The lowest BCUT2D eigenvalue weighted by Crippen LogP contribution is -2.55. The van der Waals surface area contributed by atoms with E-state index in [1.807, 2.05) is 53.2 Å². The molecule has 3 heterocycles. The van der Waals surface area contributed by atoms with Crippen LogP contribution in [0, 0.1) is 0 Å². The quantitative estimate of drug-likeness (QED) is 0.620. The third kappa shape index (κ3) is 4.27. The van der Waals surface area contributed by atoms with Crippen LogP contribution < -0.4 is 5.43 Å². The highest BCUT2D eigenvalue weighted by atomic mass is 32.2. The maximum atomic E-state index is 12.9. The van der Waals surface area contributed by atoms with Crippen LogP contribution in [0.25, 0.3) is 16.2 Å². The van der Waals surface area contributed by atoms with Gasteiger partial charge < -0.3 is 11.0 Å². The zero-order valence-corrected chi connectivity index (χ0v) is 19.5. The highest BCUT2D eigenvalue weighted by Gasteiger charge is 2.51. The molecular formula is C22H28N4O4S2. The first-order valence-electron chi connectivity index (χ1n) is 10.4. The number of hydrogen-bond donors (Lipinski definition) is 1. The summed E-state index contributed by atoms with van der Waals surface area (Å²) in [6, 6.07) is 10.0. The van der Waals surface area contributed by atoms with Crippen LogP contribution in [-0.4, -0.2) is 47.3 Å². The molecule has 2 amide bonds. The summed E-state index contributed by atoms with van der Waals surface area (Å²) in [5.74, 6) is -0.141. The number of nitrogens with one attached hydrogen (secondary N) is 1. The number of carbonyl (C=O) groups excluding carboxylic acids is 2. The molecule has 1 atom stereocenters. The highest BCUT2D eigenvalue weighted by Crippen LogP contribution is 2.49. The van der Waals surface area contributed by atoms with Gasteiger partial charge in [-0.2, -0.15) is 0 Å². The maximum Gasteiger partial charge on any atom is 0.255 e. The Morgan fingerprint density at radius 2 is 1.91 bits per heavy atom. The minimum absolute atomic E-state index is 0. The number of fused-ring (bicyclic) bond motifs is 1. The number of hydrogen-bond acceptors (Lipinski definition) is 5. The number of aromatic nitrogens is 2. The molecule has 32 heavy (non-hydrogen) atoms. The molecule has 0 bridgehead atoms. The van der Waals surface area contributed by atoms with Gasteiger partial charge >= 0.3 is 0 Å². The molecule has 1 unspecified atom stereocenters. The molecule has 172 valence electrons. The van der Waals surface area contributed by atoms with E-state index in [1.165, 1.54) is 17.8 Å². The summed E-state index contributed by atoms with van der Waals surface area (Å²) in [6.45, 7) is 1.94. The Morgan fingerprint density at radius 1 is 1.19 bits per heavy atom. The molecule has 1 aromatic carbocycles. The van der Waals surface area contributed by atoms with E-state index < -0.39 is 0 Å². The number of rotatable bonds is 4. The minimum atomic E-state index is -0.274. The van der Waals surface area contributed by atoms with Crippen LogP contribution >= 0.6 is 23.1 Å². The van der Waals surface area contributed by atoms with Gasteiger partial charge in [-0.05, 0) is 19.8 Å². The average Bonchev–Trinajstić information content (AvgIpc) is 3.40. The van der Waals surface area contributed by atoms with Crippen molar-refractivity contribution >= 4 is 39.9 Å². The van der Waals surface area contributed by atoms with Gasteiger partial charge in [-0.25, -0.2) is 9.99 Å². The molecule has 5 rings (SSSR count). The molecule has 8 nitrogen and oxygen atoms in total. The van der Waals surface area contributed by atoms with Gasteiger partial charge in [-0.3, -0.25) is 19.4 Å². The second-order valence-corrected chi connectivity index (χ2v) is 10.6. The molecule has 1 spiro atoms. The Kier molecular flexibility index (Phi) is 7.29. The van der Waals surface area contributed by atoms with Crippen LogP contribution in [0.3, 0.4) is 0 Å². The number of carbonyl (C=O) groups is 2. The second-order valence-electron chi connectivity index (χ2n) is 8.02. The van der Waals surface area contributed by atoms with E-state index in [1.54, 1.807) is 16.8 Å². The molecule has 1 aliphatic heterocycles. The van der Waals surface area contributed by atoms with E-state index in [-0.39, 0.29) is 39.3 Å². The van der Waals surface area contributed by atoms with E-state index in [9.17, 15) is 9.59 Å². The molecule has 1 saturated carbocycles. The summed E-state index contributed by atoms with van der Waals surface area (Å²) >= 11 is 3.23. The molecular weight excluding hydrogens is 448 g/mol. The fourth-order valence-corrected chi connectivity index (χ4v) is 6.95. The zero-order valence-electron chi connectivity index (χ0n) is 17.8. The molecule has 10 heteroatoms. The average molecular weight is 477 g/mol. The summed E-state index contributed by atoms with van der Waals surface area (Å²) < 4.78 is 1.98. The van der Waals surface area contributed by atoms with Crippen molar-refractivity contribution in [3.63, 3.8) is 0 Å². The Morgan fingerprint density at radius 3 is 2.62 bits per heavy atom. The fourth-order valence-electron chi connectivity index (χ4n) is 4.45. The molecule has 0 radical (unpaired) electrons. The zero-order chi connectivity index (χ0) is 20.7. The van der Waals surface area contributed by atoms with Gasteiger partial charge in [-0.1, -0.05) is 49.6 Å². The van der Waals surface area contributed by atoms with Crippen molar-refractivity contribution in [2.24, 2.45) is 0 Å². The van der Waals surface area contributed by atoms with Crippen LogP contribution in [0.1, 0.15) is 44.7 Å². The number of amides is 2. The van der Waals surface area contributed by atoms with Crippen molar-refractivity contribution in [2.75, 3.05) is 0 Å². The molecule has 5 N–H and O–H groups in total. The van der Waals surface area contributed by atoms with Crippen molar-refractivity contribution in [1.29, 1.82) is 0 Å². The van der Waals surface area contributed by atoms with Gasteiger partial charge in [-0.15, -0.1) is 23.1 Å². The summed E-state index contributed by atoms with van der Waals surface area (Å²) in [4.78, 5) is 31.0. The van der Waals surface area contributed by atoms with Gasteiger partial charge in [0.25, 0.3) is 5.91 Å². The summed E-state index contributed by atoms with van der Waals surface area (Å²) in [5, 5.41) is 3.51. The predicted molar refractivity (Wildman–Crippen MR) is 127 cm³/mol. The van der Waals surface area contributed by atoms with Gasteiger partial charge in [0.15, 0.2) is 4.96 Å². The Bertz CT molecular complexity index is 1090. The van der Waals surface area contributed by atoms with E-state index in [0.717, 1.165) is 47.6 Å². The first kappa shape index (κ1) is 24.2. The standard InChI is InChI=1S/C22H24N4O2S2.2H2O/c1-15-20(28)26(22(30-15)10-6-3-7-11-22)24-19(27)12-17-14-29-21-23-18(13-25(17)21)16-8-4-2-5-9-16;;/h2,4-5,8-9,13-15H,3,6-7,10-12H2,1H3,(H,24,27);2*1H2. The van der Waals surface area contributed by atoms with E-state index in [4.69, 9.17) is 0 Å². The van der Waals surface area contributed by atoms with Gasteiger partial charge in [0.05, 0.1) is 17.4 Å². The maximum absolute atomic E-state index is 12.9. The first-order chi connectivity index (χ1) is 14.6. The smallest absolute Gasteiger partial charge is 0.255 e. The topological polar surface area (TPSA) is 130 Å². The third-order valence-electron chi connectivity index (χ3n) is 5.94. The van der Waals surface area contributed by atoms with E-state index in [2.05, 4.69) is 10.4 Å². The third-order valence-corrected chi connectivity index (χ3v) is 8.41. The van der Waals surface area contributed by atoms with Crippen LogP contribution in [0.4, 0.5) is 0 Å². The van der Waals surface area contributed by atoms with Crippen LogP contribution in [-0.2, 0) is 16.0 Å². The van der Waals surface area contributed by atoms with Gasteiger partial charge in [0.2, 0.25) is 5.91 Å². The highest BCUT2D eigenvalue weighted by molar-refractivity contribution is 8.02. The number of hydrazine groups is 1. The van der Waals surface area contributed by atoms with E-state index >= 15 is 0 Å². The number of thiazole rings is 1. The van der Waals surface area contributed by atoms with Crippen molar-refractivity contribution < 1.29 is 20.5 Å². The lowest BCUT2D eigenvalue weighted by Gasteiger charge is -2.40. The number of nitrogens with zero attached hydrogens (tertiary/aromatic N) is 3. The Hall–Kier alpha value is -2.40. The monoisotopic (exact) mass is 476 g/mol. The Labute approximate surface area is 194 Å². The van der Waals surface area contributed by atoms with Crippen molar-refractivity contribution in [1.82, 2.24) is 19.8 Å². The van der Waals surface area contributed by atoms with Crippen molar-refractivity contribution in [2.45, 2.75) is 55.6 Å². The van der Waals surface area contributed by atoms with Gasteiger partial charge in [0, 0.05) is 22.8 Å². The van der Waals surface area contributed by atoms with Crippen molar-refractivity contribution in [3.05, 3.63) is 47.6 Å². The van der Waals surface area contributed by atoms with Crippen molar-refractivity contribution in [3.8, 4) is 11.3 Å². The van der Waals surface area contributed by atoms with Crippen LogP contribution in [0.15, 0.2) is 41.9 Å². The minimum Gasteiger partial charge on any atom is -0.412 e. The Balaban J connectivity index is 0.00000144. The van der Waals surface area contributed by atoms with Gasteiger partial charge in [0.1, 0.15) is 4.87 Å². The largest absolute Gasteiger partial charge is 0.412 e. The van der Waals surface area contributed by atoms with Crippen LogP contribution in [0.5, 0.6) is 0 Å². The summed E-state index contributed by atoms with van der Waals surface area (Å²) in [6.07, 6.45) is 7.47. The van der Waals surface area contributed by atoms with E-state index in [0.29, 0.717) is 0 Å². The summed E-state index contributed by atoms with van der Waals surface area (Å²) in [5.41, 5.74) is 5.78. The summed E-state index contributed by atoms with van der Waals surface area (Å²) in [7, 11) is 0. The molecule has 3 aromatic rings. The lowest BCUT2D eigenvalue weighted by molar-refractivity contribution is -0.144. The number of imidazole rings is 1. The number of benzene rings is 1. The molecule has 2 aromatic heterocycles. The molecule has 1 aliphatic carbocycles. The number of thioether (sulfide) groups is 1. The second kappa shape index (κ2) is 9.62. The predicted octanol–water partition coefficient (Wildman–Crippen LogP) is 2.61. The first-order valence-corrected chi connectivity index (χ1v) is 12.1. The SMILES string of the molecule is CC1SC2(CCCCC2)N(NC(=O)Cc2csc3nc(-c4ccccc4)cn23)C1=O.O.O.